The Balaban J connectivity index is 1.96. The average Bonchev–Trinajstić information content (AvgIpc) is 2.55. The van der Waals surface area contributed by atoms with Crippen LogP contribution >= 0.6 is 0 Å². The maximum Gasteiger partial charge on any atom is 0.315 e. The number of hydrogen-bond donors (Lipinski definition) is 2. The molecular weight excluding hydrogens is 294 g/mol. The quantitative estimate of drug-likeness (QED) is 0.815. The van der Waals surface area contributed by atoms with E-state index < -0.39 is 11.4 Å². The van der Waals surface area contributed by atoms with E-state index in [1.165, 1.54) is 7.11 Å². The third kappa shape index (κ3) is 4.03. The normalized spacial score (nSPS) is 21.5. The molecule has 1 aliphatic rings. The fourth-order valence-corrected chi connectivity index (χ4v) is 3.08. The molecule has 1 fully saturated rings. The lowest BCUT2D eigenvalue weighted by Crippen LogP contribution is -2.30. The van der Waals surface area contributed by atoms with Crippen LogP contribution in [0, 0.1) is 5.92 Å². The number of aliphatic carboxylic acids is 1. The number of carbonyl (C=O) groups is 2. The van der Waals surface area contributed by atoms with Crippen molar-refractivity contribution in [2.75, 3.05) is 12.4 Å². The molecule has 0 amide bonds. The smallest absolute Gasteiger partial charge is 0.315 e. The summed E-state index contributed by atoms with van der Waals surface area (Å²) in [6, 6.07) is 8.10. The first-order valence-corrected chi connectivity index (χ1v) is 8.03. The van der Waals surface area contributed by atoms with Crippen molar-refractivity contribution in [3.05, 3.63) is 29.8 Å². The summed E-state index contributed by atoms with van der Waals surface area (Å²) in [7, 11) is 1.40. The molecule has 0 atom stereocenters. The number of benzene rings is 1. The summed E-state index contributed by atoms with van der Waals surface area (Å²) < 4.78 is 4.85. The first-order chi connectivity index (χ1) is 10.8. The van der Waals surface area contributed by atoms with Crippen LogP contribution in [-0.4, -0.2) is 30.2 Å². The van der Waals surface area contributed by atoms with Crippen molar-refractivity contribution in [2.24, 2.45) is 5.92 Å². The van der Waals surface area contributed by atoms with E-state index in [4.69, 9.17) is 9.84 Å². The molecule has 0 radical (unpaired) electrons. The fraction of sp³-hybridized carbons (Fsp3) is 0.556. The molecule has 5 nitrogen and oxygen atoms in total. The molecule has 1 aromatic rings. The minimum absolute atomic E-state index is 0.198. The van der Waals surface area contributed by atoms with Crippen molar-refractivity contribution in [3.8, 4) is 0 Å². The highest BCUT2D eigenvalue weighted by Gasteiger charge is 2.31. The van der Waals surface area contributed by atoms with Crippen LogP contribution in [0.15, 0.2) is 24.3 Å². The van der Waals surface area contributed by atoms with Gasteiger partial charge in [0.15, 0.2) is 0 Å². The highest BCUT2D eigenvalue weighted by molar-refractivity contribution is 5.82. The van der Waals surface area contributed by atoms with Gasteiger partial charge in [0.2, 0.25) is 0 Å². The number of anilines is 1. The zero-order valence-electron chi connectivity index (χ0n) is 14.0. The molecule has 126 valence electrons. The molecule has 1 aliphatic carbocycles. The molecule has 1 aromatic carbocycles. The second-order valence-corrected chi connectivity index (χ2v) is 6.73. The summed E-state index contributed by atoms with van der Waals surface area (Å²) in [6.45, 7) is 3.68. The minimum Gasteiger partial charge on any atom is -0.481 e. The SMILES string of the molecule is COC(=O)C(C)(C)c1ccc(NC2CCC(C(=O)O)CC2)cc1. The maximum atomic E-state index is 11.8. The first-order valence-electron chi connectivity index (χ1n) is 8.03. The summed E-state index contributed by atoms with van der Waals surface area (Å²) in [5.41, 5.74) is 1.23. The topological polar surface area (TPSA) is 75.6 Å². The van der Waals surface area contributed by atoms with Crippen molar-refractivity contribution in [1.82, 2.24) is 0 Å². The molecule has 0 aromatic heterocycles. The van der Waals surface area contributed by atoms with Gasteiger partial charge in [-0.3, -0.25) is 9.59 Å². The Bertz CT molecular complexity index is 557. The Morgan fingerprint density at radius 2 is 1.70 bits per heavy atom. The van der Waals surface area contributed by atoms with Crippen molar-refractivity contribution in [3.63, 3.8) is 0 Å². The zero-order valence-corrected chi connectivity index (χ0v) is 14.0. The van der Waals surface area contributed by atoms with Gasteiger partial charge in [0.1, 0.15) is 0 Å². The second-order valence-electron chi connectivity index (χ2n) is 6.73. The molecular formula is C18H25NO4. The summed E-state index contributed by atoms with van der Waals surface area (Å²) in [4.78, 5) is 22.8. The molecule has 2 N–H and O–H groups in total. The van der Waals surface area contributed by atoms with Crippen LogP contribution in [0.3, 0.4) is 0 Å². The van der Waals surface area contributed by atoms with E-state index in [1.807, 2.05) is 38.1 Å². The Hall–Kier alpha value is -2.04. The standard InChI is InChI=1S/C18H25NO4/c1-18(2,17(22)23-3)13-6-10-15(11-7-13)19-14-8-4-12(5-9-14)16(20)21/h6-7,10-12,14,19H,4-5,8-9H2,1-3H3,(H,20,21). The number of ether oxygens (including phenoxy) is 1. The van der Waals surface area contributed by atoms with Crippen LogP contribution in [0.1, 0.15) is 45.1 Å². The Kier molecular flexibility index (Phi) is 5.29. The third-order valence-corrected chi connectivity index (χ3v) is 4.75. The van der Waals surface area contributed by atoms with Gasteiger partial charge in [-0.1, -0.05) is 12.1 Å². The van der Waals surface area contributed by atoms with E-state index in [0.29, 0.717) is 6.04 Å². The number of methoxy groups -OCH3 is 1. The number of nitrogens with one attached hydrogen (secondary N) is 1. The number of carboxylic acids is 1. The van der Waals surface area contributed by atoms with Crippen LogP contribution in [0.5, 0.6) is 0 Å². The summed E-state index contributed by atoms with van der Waals surface area (Å²) in [5, 5.41) is 12.5. The largest absolute Gasteiger partial charge is 0.481 e. The number of rotatable bonds is 5. The van der Waals surface area contributed by atoms with Crippen molar-refractivity contribution >= 4 is 17.6 Å². The van der Waals surface area contributed by atoms with Crippen molar-refractivity contribution < 1.29 is 19.4 Å². The average molecular weight is 319 g/mol. The van der Waals surface area contributed by atoms with Crippen LogP contribution in [0.2, 0.25) is 0 Å². The second kappa shape index (κ2) is 7.02. The number of esters is 1. The monoisotopic (exact) mass is 319 g/mol. The predicted octanol–water partition coefficient (Wildman–Crippen LogP) is 3.19. The van der Waals surface area contributed by atoms with Crippen LogP contribution < -0.4 is 5.32 Å². The number of hydrogen-bond acceptors (Lipinski definition) is 4. The van der Waals surface area contributed by atoms with Crippen molar-refractivity contribution in [2.45, 2.75) is 51.0 Å². The highest BCUT2D eigenvalue weighted by atomic mass is 16.5. The molecule has 23 heavy (non-hydrogen) atoms. The predicted molar refractivity (Wildman–Crippen MR) is 88.5 cm³/mol. The number of carboxylic acid groups (broad SMARTS) is 1. The third-order valence-electron chi connectivity index (χ3n) is 4.75. The lowest BCUT2D eigenvalue weighted by molar-refractivity contribution is -0.146. The maximum absolute atomic E-state index is 11.8. The van der Waals surface area contributed by atoms with Gasteiger partial charge >= 0.3 is 11.9 Å². The molecule has 5 heteroatoms. The Labute approximate surface area is 137 Å². The highest BCUT2D eigenvalue weighted by Crippen LogP contribution is 2.29. The molecule has 0 spiro atoms. The van der Waals surface area contributed by atoms with E-state index >= 15 is 0 Å². The van der Waals surface area contributed by atoms with Gasteiger partial charge in [-0.15, -0.1) is 0 Å². The van der Waals surface area contributed by atoms with Crippen molar-refractivity contribution in [1.29, 1.82) is 0 Å². The minimum atomic E-state index is -0.683. The van der Waals surface area contributed by atoms with Gasteiger partial charge in [0.25, 0.3) is 0 Å². The lowest BCUT2D eigenvalue weighted by atomic mass is 9.84. The van der Waals surface area contributed by atoms with E-state index in [2.05, 4.69) is 5.32 Å². The van der Waals surface area contributed by atoms with E-state index in [9.17, 15) is 9.59 Å². The van der Waals surface area contributed by atoms with Gasteiger partial charge in [0.05, 0.1) is 18.4 Å². The van der Waals surface area contributed by atoms with Crippen LogP contribution in [-0.2, 0) is 19.7 Å². The summed E-state index contributed by atoms with van der Waals surface area (Å²) in [5.74, 6) is -1.14. The first kappa shape index (κ1) is 17.3. The van der Waals surface area contributed by atoms with Gasteiger partial charge in [-0.25, -0.2) is 0 Å². The summed E-state index contributed by atoms with van der Waals surface area (Å²) >= 11 is 0. The number of carbonyl (C=O) groups excluding carboxylic acids is 1. The van der Waals surface area contributed by atoms with E-state index in [-0.39, 0.29) is 11.9 Å². The molecule has 0 saturated heterocycles. The Morgan fingerprint density at radius 3 is 2.17 bits per heavy atom. The molecule has 0 bridgehead atoms. The molecule has 1 saturated carbocycles. The lowest BCUT2D eigenvalue weighted by Gasteiger charge is -2.28. The fourth-order valence-electron chi connectivity index (χ4n) is 3.08. The van der Waals surface area contributed by atoms with Gasteiger partial charge in [-0.05, 0) is 57.2 Å². The van der Waals surface area contributed by atoms with E-state index in [1.54, 1.807) is 0 Å². The van der Waals surface area contributed by atoms with Crippen LogP contribution in [0.4, 0.5) is 5.69 Å². The summed E-state index contributed by atoms with van der Waals surface area (Å²) in [6.07, 6.45) is 3.18. The molecule has 0 aliphatic heterocycles. The van der Waals surface area contributed by atoms with E-state index in [0.717, 1.165) is 36.9 Å². The van der Waals surface area contributed by atoms with Crippen LogP contribution in [0.25, 0.3) is 0 Å². The molecule has 0 heterocycles. The molecule has 2 rings (SSSR count). The van der Waals surface area contributed by atoms with Gasteiger partial charge in [-0.2, -0.15) is 0 Å². The zero-order chi connectivity index (χ0) is 17.0. The van der Waals surface area contributed by atoms with Gasteiger partial charge in [0, 0.05) is 11.7 Å². The molecule has 0 unspecified atom stereocenters. The Morgan fingerprint density at radius 1 is 1.13 bits per heavy atom. The van der Waals surface area contributed by atoms with Gasteiger partial charge < -0.3 is 15.2 Å².